The molecule has 1 aromatic rings. The minimum atomic E-state index is 0.317. The van der Waals surface area contributed by atoms with Gasteiger partial charge in [-0.3, -0.25) is 4.98 Å². The number of nitrogens with two attached hydrogens (primary N) is 1. The molecular weight excluding hydrogens is 250 g/mol. The maximum absolute atomic E-state index is 5.58. The lowest BCUT2D eigenvalue weighted by molar-refractivity contribution is 0.820. The second-order valence-corrected chi connectivity index (χ2v) is 5.35. The lowest BCUT2D eigenvalue weighted by Gasteiger charge is -2.08. The smallest absolute Gasteiger partial charge is 0.124 e. The topological polar surface area (TPSA) is 51.8 Å². The summed E-state index contributed by atoms with van der Waals surface area (Å²) in [6.07, 6.45) is 6.09. The quantitative estimate of drug-likeness (QED) is 0.468. The van der Waals surface area contributed by atoms with Crippen LogP contribution in [0.2, 0.25) is 0 Å². The number of thioether (sulfide) groups is 1. The molecular formula is C12H19N3S2. The fourth-order valence-corrected chi connectivity index (χ4v) is 2.56. The molecule has 0 radical (unpaired) electrons. The van der Waals surface area contributed by atoms with Crippen LogP contribution in [0.5, 0.6) is 0 Å². The van der Waals surface area contributed by atoms with Gasteiger partial charge in [0.15, 0.2) is 0 Å². The van der Waals surface area contributed by atoms with Crippen molar-refractivity contribution in [2.75, 3.05) is 5.75 Å². The fourth-order valence-electron chi connectivity index (χ4n) is 1.35. The van der Waals surface area contributed by atoms with Crippen molar-refractivity contribution >= 4 is 29.0 Å². The van der Waals surface area contributed by atoms with Gasteiger partial charge in [-0.25, -0.2) is 4.98 Å². The van der Waals surface area contributed by atoms with E-state index in [0.717, 1.165) is 29.3 Å². The molecule has 5 heteroatoms. The Bertz CT molecular complexity index is 380. The highest BCUT2D eigenvalue weighted by Crippen LogP contribution is 2.21. The molecule has 0 spiro atoms. The first kappa shape index (κ1) is 14.4. The zero-order valence-electron chi connectivity index (χ0n) is 10.4. The summed E-state index contributed by atoms with van der Waals surface area (Å²) in [4.78, 5) is 9.23. The van der Waals surface area contributed by atoms with Crippen molar-refractivity contribution < 1.29 is 0 Å². The zero-order chi connectivity index (χ0) is 12.7. The van der Waals surface area contributed by atoms with Crippen LogP contribution in [0.3, 0.4) is 0 Å². The van der Waals surface area contributed by atoms with Crippen LogP contribution in [0.1, 0.15) is 44.5 Å². The summed E-state index contributed by atoms with van der Waals surface area (Å²) in [5.74, 6) is 1.07. The second-order valence-electron chi connectivity index (χ2n) is 3.82. The Labute approximate surface area is 113 Å². The summed E-state index contributed by atoms with van der Waals surface area (Å²) >= 11 is 6.69. The predicted octanol–water partition coefficient (Wildman–Crippen LogP) is 2.96. The van der Waals surface area contributed by atoms with E-state index in [-0.39, 0.29) is 0 Å². The maximum Gasteiger partial charge on any atom is 0.124 e. The standard InChI is InChI=1S/C12H19N3S2/c1-3-5-7-17-12-9(6-4-2)14-8-10(15-12)11(13)16/h8H,3-7H2,1-2H3,(H2,13,16). The van der Waals surface area contributed by atoms with Crippen LogP contribution in [0.4, 0.5) is 0 Å². The van der Waals surface area contributed by atoms with E-state index in [1.54, 1.807) is 18.0 Å². The molecule has 0 atom stereocenters. The predicted molar refractivity (Wildman–Crippen MR) is 77.5 cm³/mol. The van der Waals surface area contributed by atoms with Crippen LogP contribution >= 0.6 is 24.0 Å². The van der Waals surface area contributed by atoms with Crippen LogP contribution < -0.4 is 5.73 Å². The fraction of sp³-hybridized carbons (Fsp3) is 0.583. The Balaban J connectivity index is 2.86. The molecule has 0 unspecified atom stereocenters. The van der Waals surface area contributed by atoms with Crippen LogP contribution in [-0.4, -0.2) is 20.7 Å². The van der Waals surface area contributed by atoms with Crippen LogP contribution in [0, 0.1) is 0 Å². The molecule has 1 rings (SSSR count). The lowest BCUT2D eigenvalue weighted by atomic mass is 10.2. The third-order valence-corrected chi connectivity index (χ3v) is 3.59. The van der Waals surface area contributed by atoms with Gasteiger partial charge in [-0.1, -0.05) is 38.9 Å². The Morgan fingerprint density at radius 3 is 2.76 bits per heavy atom. The second kappa shape index (κ2) is 7.61. The van der Waals surface area contributed by atoms with E-state index in [1.807, 2.05) is 0 Å². The third-order valence-electron chi connectivity index (χ3n) is 2.29. The van der Waals surface area contributed by atoms with Gasteiger partial charge in [-0.2, -0.15) is 0 Å². The number of rotatable bonds is 7. The van der Waals surface area contributed by atoms with E-state index in [4.69, 9.17) is 18.0 Å². The van der Waals surface area contributed by atoms with Gasteiger partial charge in [0, 0.05) is 0 Å². The average molecular weight is 269 g/mol. The molecule has 1 aromatic heterocycles. The summed E-state index contributed by atoms with van der Waals surface area (Å²) in [5.41, 5.74) is 7.27. The molecule has 0 bridgehead atoms. The number of hydrogen-bond acceptors (Lipinski definition) is 4. The van der Waals surface area contributed by atoms with Crippen molar-refractivity contribution in [2.24, 2.45) is 5.73 Å². The lowest BCUT2D eigenvalue weighted by Crippen LogP contribution is -2.13. The largest absolute Gasteiger partial charge is 0.388 e. The summed E-state index contributed by atoms with van der Waals surface area (Å²) in [6, 6.07) is 0. The van der Waals surface area contributed by atoms with Gasteiger partial charge in [-0.15, -0.1) is 11.8 Å². The minimum absolute atomic E-state index is 0.317. The molecule has 0 saturated carbocycles. The van der Waals surface area contributed by atoms with E-state index in [0.29, 0.717) is 10.7 Å². The van der Waals surface area contributed by atoms with Crippen LogP contribution in [0.15, 0.2) is 11.2 Å². The van der Waals surface area contributed by atoms with Crippen LogP contribution in [0.25, 0.3) is 0 Å². The summed E-state index contributed by atoms with van der Waals surface area (Å²) in [5, 5.41) is 0.991. The molecule has 0 aliphatic carbocycles. The Morgan fingerprint density at radius 1 is 1.41 bits per heavy atom. The van der Waals surface area contributed by atoms with E-state index < -0.39 is 0 Å². The van der Waals surface area contributed by atoms with E-state index in [1.165, 1.54) is 12.8 Å². The molecule has 0 fully saturated rings. The van der Waals surface area contributed by atoms with Gasteiger partial charge in [0.05, 0.1) is 11.9 Å². The van der Waals surface area contributed by atoms with E-state index in [9.17, 15) is 0 Å². The molecule has 0 aliphatic rings. The van der Waals surface area contributed by atoms with Gasteiger partial charge >= 0.3 is 0 Å². The number of unbranched alkanes of at least 4 members (excludes halogenated alkanes) is 1. The van der Waals surface area contributed by atoms with Crippen molar-refractivity contribution in [1.82, 2.24) is 9.97 Å². The highest BCUT2D eigenvalue weighted by Gasteiger charge is 2.08. The summed E-state index contributed by atoms with van der Waals surface area (Å²) in [7, 11) is 0. The average Bonchev–Trinajstić information content (AvgIpc) is 2.31. The van der Waals surface area contributed by atoms with Crippen molar-refractivity contribution in [1.29, 1.82) is 0 Å². The van der Waals surface area contributed by atoms with Crippen molar-refractivity contribution in [2.45, 2.75) is 44.6 Å². The molecule has 0 aliphatic heterocycles. The van der Waals surface area contributed by atoms with Gasteiger partial charge in [0.25, 0.3) is 0 Å². The monoisotopic (exact) mass is 269 g/mol. The Kier molecular flexibility index (Phi) is 6.44. The molecule has 17 heavy (non-hydrogen) atoms. The molecule has 0 aromatic carbocycles. The van der Waals surface area contributed by atoms with Crippen molar-refractivity contribution in [3.63, 3.8) is 0 Å². The van der Waals surface area contributed by atoms with Crippen molar-refractivity contribution in [3.8, 4) is 0 Å². The first-order chi connectivity index (χ1) is 8.19. The van der Waals surface area contributed by atoms with Gasteiger partial charge in [0.2, 0.25) is 0 Å². The van der Waals surface area contributed by atoms with E-state index in [2.05, 4.69) is 23.8 Å². The Morgan fingerprint density at radius 2 is 2.18 bits per heavy atom. The molecule has 0 saturated heterocycles. The molecule has 0 amide bonds. The minimum Gasteiger partial charge on any atom is -0.388 e. The van der Waals surface area contributed by atoms with Crippen molar-refractivity contribution in [3.05, 3.63) is 17.6 Å². The van der Waals surface area contributed by atoms with Gasteiger partial charge in [-0.05, 0) is 18.6 Å². The van der Waals surface area contributed by atoms with Crippen LogP contribution in [-0.2, 0) is 6.42 Å². The van der Waals surface area contributed by atoms with E-state index >= 15 is 0 Å². The molecule has 1 heterocycles. The number of aromatic nitrogens is 2. The van der Waals surface area contributed by atoms with Gasteiger partial charge < -0.3 is 5.73 Å². The SMILES string of the molecule is CCCCSc1nc(C(N)=S)cnc1CCC. The van der Waals surface area contributed by atoms with Gasteiger partial charge in [0.1, 0.15) is 15.7 Å². The third kappa shape index (κ3) is 4.60. The highest BCUT2D eigenvalue weighted by atomic mass is 32.2. The number of aryl methyl sites for hydroxylation is 1. The molecule has 94 valence electrons. The molecule has 3 nitrogen and oxygen atoms in total. The Hall–Kier alpha value is -0.680. The number of hydrogen-bond donors (Lipinski definition) is 1. The first-order valence-electron chi connectivity index (χ1n) is 5.97. The summed E-state index contributed by atoms with van der Waals surface area (Å²) in [6.45, 7) is 4.33. The number of thiocarbonyl (C=S) groups is 1. The first-order valence-corrected chi connectivity index (χ1v) is 7.36. The summed E-state index contributed by atoms with van der Waals surface area (Å²) < 4.78 is 0. The number of nitrogens with zero attached hydrogens (tertiary/aromatic N) is 2. The normalized spacial score (nSPS) is 10.5. The molecule has 2 N–H and O–H groups in total. The zero-order valence-corrected chi connectivity index (χ0v) is 12.0. The highest BCUT2D eigenvalue weighted by molar-refractivity contribution is 7.99. The maximum atomic E-state index is 5.58.